The summed E-state index contributed by atoms with van der Waals surface area (Å²) in [5.74, 6) is -0.270. The molecule has 1 atom stereocenters. The number of carbonyl (C=O) groups is 2. The zero-order valence-electron chi connectivity index (χ0n) is 14.3. The van der Waals surface area contributed by atoms with E-state index in [9.17, 15) is 9.59 Å². The normalized spacial score (nSPS) is 11.8. The molecule has 2 rings (SSSR count). The Morgan fingerprint density at radius 2 is 1.60 bits per heavy atom. The van der Waals surface area contributed by atoms with Crippen LogP contribution in [0.4, 0.5) is 5.69 Å². The van der Waals surface area contributed by atoms with Crippen LogP contribution in [0.15, 0.2) is 59.1 Å². The highest BCUT2D eigenvalue weighted by Crippen LogP contribution is 2.16. The van der Waals surface area contributed by atoms with Crippen molar-refractivity contribution in [2.75, 3.05) is 25.5 Å². The van der Waals surface area contributed by atoms with Gasteiger partial charge in [0.05, 0.1) is 19.1 Å². The SMILES string of the molecule is CC(NC(=O)CN(C)CC(=O)Nc1ccccc1)c1ccc(Br)cc1. The van der Waals surface area contributed by atoms with Crippen molar-refractivity contribution in [3.8, 4) is 0 Å². The maximum Gasteiger partial charge on any atom is 0.238 e. The molecule has 0 aliphatic carbocycles. The molecule has 0 radical (unpaired) electrons. The number of para-hydroxylation sites is 1. The summed E-state index contributed by atoms with van der Waals surface area (Å²) in [5, 5.41) is 5.74. The van der Waals surface area contributed by atoms with Crippen LogP contribution < -0.4 is 10.6 Å². The van der Waals surface area contributed by atoms with Crippen molar-refractivity contribution in [2.24, 2.45) is 0 Å². The first-order chi connectivity index (χ1) is 11.9. The summed E-state index contributed by atoms with van der Waals surface area (Å²) >= 11 is 3.39. The van der Waals surface area contributed by atoms with E-state index in [1.807, 2.05) is 61.5 Å². The van der Waals surface area contributed by atoms with Crippen LogP contribution in [0, 0.1) is 0 Å². The molecule has 2 N–H and O–H groups in total. The van der Waals surface area contributed by atoms with Crippen LogP contribution in [0.5, 0.6) is 0 Å². The molecule has 1 unspecified atom stereocenters. The first-order valence-corrected chi connectivity index (χ1v) is 8.81. The summed E-state index contributed by atoms with van der Waals surface area (Å²) in [7, 11) is 1.74. The van der Waals surface area contributed by atoms with Gasteiger partial charge in [-0.05, 0) is 43.8 Å². The monoisotopic (exact) mass is 403 g/mol. The molecule has 2 aromatic carbocycles. The molecule has 132 valence electrons. The Labute approximate surface area is 156 Å². The van der Waals surface area contributed by atoms with Gasteiger partial charge in [-0.25, -0.2) is 0 Å². The maximum absolute atomic E-state index is 12.2. The van der Waals surface area contributed by atoms with Gasteiger partial charge in [-0.15, -0.1) is 0 Å². The summed E-state index contributed by atoms with van der Waals surface area (Å²) in [5.41, 5.74) is 1.77. The van der Waals surface area contributed by atoms with Gasteiger partial charge in [0.1, 0.15) is 0 Å². The third kappa shape index (κ3) is 6.68. The zero-order chi connectivity index (χ0) is 18.2. The van der Waals surface area contributed by atoms with Crippen molar-refractivity contribution >= 4 is 33.4 Å². The molecule has 0 saturated heterocycles. The smallest absolute Gasteiger partial charge is 0.238 e. The van der Waals surface area contributed by atoms with Gasteiger partial charge in [-0.2, -0.15) is 0 Å². The van der Waals surface area contributed by atoms with Crippen LogP contribution in [0.1, 0.15) is 18.5 Å². The van der Waals surface area contributed by atoms with E-state index in [0.29, 0.717) is 0 Å². The first-order valence-electron chi connectivity index (χ1n) is 8.02. The molecule has 0 aromatic heterocycles. The van der Waals surface area contributed by atoms with Gasteiger partial charge in [0.2, 0.25) is 11.8 Å². The number of nitrogens with one attached hydrogen (secondary N) is 2. The van der Waals surface area contributed by atoms with E-state index in [4.69, 9.17) is 0 Å². The average Bonchev–Trinajstić information content (AvgIpc) is 2.55. The number of amides is 2. The Hall–Kier alpha value is -2.18. The van der Waals surface area contributed by atoms with E-state index in [2.05, 4.69) is 26.6 Å². The second-order valence-electron chi connectivity index (χ2n) is 5.93. The molecule has 0 aliphatic rings. The highest BCUT2D eigenvalue weighted by Gasteiger charge is 2.13. The summed E-state index contributed by atoms with van der Waals surface area (Å²) in [6, 6.07) is 17.0. The Morgan fingerprint density at radius 1 is 1.00 bits per heavy atom. The predicted molar refractivity (Wildman–Crippen MR) is 103 cm³/mol. The fraction of sp³-hybridized carbons (Fsp3) is 0.263. The summed E-state index contributed by atoms with van der Waals surface area (Å²) in [6.07, 6.45) is 0. The molecule has 2 amide bonds. The van der Waals surface area contributed by atoms with E-state index in [1.165, 1.54) is 0 Å². The van der Waals surface area contributed by atoms with Crippen LogP contribution in [-0.4, -0.2) is 36.9 Å². The van der Waals surface area contributed by atoms with Crippen LogP contribution in [0.3, 0.4) is 0 Å². The Kier molecular flexibility index (Phi) is 7.16. The number of carbonyl (C=O) groups excluding carboxylic acids is 2. The molecule has 0 saturated carbocycles. The minimum Gasteiger partial charge on any atom is -0.348 e. The molecular weight excluding hydrogens is 382 g/mol. The fourth-order valence-corrected chi connectivity index (χ4v) is 2.65. The van der Waals surface area contributed by atoms with E-state index in [0.717, 1.165) is 15.7 Å². The molecule has 0 fully saturated rings. The lowest BCUT2D eigenvalue weighted by molar-refractivity contribution is -0.123. The molecule has 2 aromatic rings. The number of halogens is 1. The number of rotatable bonds is 7. The Bertz CT molecular complexity index is 704. The maximum atomic E-state index is 12.2. The van der Waals surface area contributed by atoms with Crippen LogP contribution in [0.25, 0.3) is 0 Å². The topological polar surface area (TPSA) is 61.4 Å². The van der Waals surface area contributed by atoms with E-state index in [-0.39, 0.29) is 30.9 Å². The largest absolute Gasteiger partial charge is 0.348 e. The summed E-state index contributed by atoms with van der Waals surface area (Å²) in [4.78, 5) is 25.8. The standard InChI is InChI=1S/C19H22BrN3O2/c1-14(15-8-10-16(20)11-9-15)21-18(24)12-23(2)13-19(25)22-17-6-4-3-5-7-17/h3-11,14H,12-13H2,1-2H3,(H,21,24)(H,22,25). The first kappa shape index (κ1) is 19.1. The van der Waals surface area contributed by atoms with Crippen molar-refractivity contribution in [1.82, 2.24) is 10.2 Å². The molecule has 0 heterocycles. The molecule has 0 aliphatic heterocycles. The molecule has 5 nitrogen and oxygen atoms in total. The fourth-order valence-electron chi connectivity index (χ4n) is 2.39. The van der Waals surface area contributed by atoms with E-state index >= 15 is 0 Å². The zero-order valence-corrected chi connectivity index (χ0v) is 15.9. The third-order valence-corrected chi connectivity index (χ3v) is 4.16. The number of nitrogens with zero attached hydrogens (tertiary/aromatic N) is 1. The quantitative estimate of drug-likeness (QED) is 0.745. The minimum atomic E-state index is -0.151. The number of hydrogen-bond donors (Lipinski definition) is 2. The molecule has 0 bridgehead atoms. The lowest BCUT2D eigenvalue weighted by Gasteiger charge is -2.19. The van der Waals surface area contributed by atoms with Gasteiger partial charge in [0.15, 0.2) is 0 Å². The van der Waals surface area contributed by atoms with Gasteiger partial charge in [-0.3, -0.25) is 14.5 Å². The third-order valence-electron chi connectivity index (χ3n) is 3.63. The minimum absolute atomic E-state index is 0.0906. The van der Waals surface area contributed by atoms with Crippen LogP contribution in [0.2, 0.25) is 0 Å². The Morgan fingerprint density at radius 3 is 2.24 bits per heavy atom. The number of anilines is 1. The van der Waals surface area contributed by atoms with Gasteiger partial charge >= 0.3 is 0 Å². The average molecular weight is 404 g/mol. The van der Waals surface area contributed by atoms with Gasteiger partial charge < -0.3 is 10.6 Å². The lowest BCUT2D eigenvalue weighted by Crippen LogP contribution is -2.39. The second-order valence-corrected chi connectivity index (χ2v) is 6.84. The predicted octanol–water partition coefficient (Wildman–Crippen LogP) is 3.20. The van der Waals surface area contributed by atoms with Gasteiger partial charge in [-0.1, -0.05) is 46.3 Å². The van der Waals surface area contributed by atoms with Gasteiger partial charge in [0, 0.05) is 10.2 Å². The van der Waals surface area contributed by atoms with Crippen LogP contribution >= 0.6 is 15.9 Å². The highest BCUT2D eigenvalue weighted by atomic mass is 79.9. The van der Waals surface area contributed by atoms with Crippen LogP contribution in [-0.2, 0) is 9.59 Å². The summed E-state index contributed by atoms with van der Waals surface area (Å²) < 4.78 is 0.999. The van der Waals surface area contributed by atoms with Crippen molar-refractivity contribution in [2.45, 2.75) is 13.0 Å². The van der Waals surface area contributed by atoms with E-state index < -0.39 is 0 Å². The van der Waals surface area contributed by atoms with Crippen molar-refractivity contribution in [1.29, 1.82) is 0 Å². The van der Waals surface area contributed by atoms with Crippen molar-refractivity contribution in [3.05, 3.63) is 64.6 Å². The molecule has 6 heteroatoms. The van der Waals surface area contributed by atoms with Gasteiger partial charge in [0.25, 0.3) is 0 Å². The second kappa shape index (κ2) is 9.34. The summed E-state index contributed by atoms with van der Waals surface area (Å²) in [6.45, 7) is 2.24. The molecule has 0 spiro atoms. The number of likely N-dealkylation sites (N-methyl/N-ethyl adjacent to an activating group) is 1. The molecule has 25 heavy (non-hydrogen) atoms. The van der Waals surface area contributed by atoms with Crippen molar-refractivity contribution < 1.29 is 9.59 Å². The molecular formula is C19H22BrN3O2. The number of hydrogen-bond acceptors (Lipinski definition) is 3. The van der Waals surface area contributed by atoms with Crippen molar-refractivity contribution in [3.63, 3.8) is 0 Å². The Balaban J connectivity index is 1.77. The lowest BCUT2D eigenvalue weighted by atomic mass is 10.1. The highest BCUT2D eigenvalue weighted by molar-refractivity contribution is 9.10. The van der Waals surface area contributed by atoms with E-state index in [1.54, 1.807) is 11.9 Å². The number of benzene rings is 2.